The predicted molar refractivity (Wildman–Crippen MR) is 42.8 cm³/mol. The van der Waals surface area contributed by atoms with E-state index in [1.165, 1.54) is 11.8 Å². The maximum Gasteiger partial charge on any atom is 0.320 e. The smallest absolute Gasteiger partial charge is 0.320 e. The van der Waals surface area contributed by atoms with E-state index in [4.69, 9.17) is 15.3 Å². The summed E-state index contributed by atoms with van der Waals surface area (Å²) in [5, 5.41) is 26.0. The van der Waals surface area contributed by atoms with Crippen molar-refractivity contribution in [1.82, 2.24) is 4.90 Å². The van der Waals surface area contributed by atoms with Crippen molar-refractivity contribution in [2.45, 2.75) is 19.1 Å². The number of likely N-dealkylation sites (N-methyl/N-ethyl adjacent to an activating group) is 1. The highest BCUT2D eigenvalue weighted by Crippen LogP contribution is 1.96. The van der Waals surface area contributed by atoms with Crippen LogP contribution in [0, 0.1) is 0 Å². The standard InChI is InChI=1S/C7H15NO4/c1-5(7(11)12)8(2)3-6(10)4-9/h5-6,9-10H,3-4H2,1-2H3,(H,11,12)/t5-,6?/m0/s1. The average molecular weight is 177 g/mol. The molecule has 0 aromatic carbocycles. The molecule has 12 heavy (non-hydrogen) atoms. The molecule has 5 heteroatoms. The Balaban J connectivity index is 3.86. The lowest BCUT2D eigenvalue weighted by molar-refractivity contribution is -0.142. The van der Waals surface area contributed by atoms with Gasteiger partial charge in [-0.05, 0) is 14.0 Å². The molecule has 5 nitrogen and oxygen atoms in total. The lowest BCUT2D eigenvalue weighted by Gasteiger charge is -2.22. The van der Waals surface area contributed by atoms with Crippen molar-refractivity contribution in [2.24, 2.45) is 0 Å². The molecular formula is C7H15NO4. The lowest BCUT2D eigenvalue weighted by Crippen LogP contribution is -2.41. The Bertz CT molecular complexity index is 150. The van der Waals surface area contributed by atoms with E-state index >= 15 is 0 Å². The fraction of sp³-hybridized carbons (Fsp3) is 0.857. The minimum absolute atomic E-state index is 0.157. The molecule has 0 saturated carbocycles. The quantitative estimate of drug-likeness (QED) is 0.488. The van der Waals surface area contributed by atoms with Crippen LogP contribution in [-0.4, -0.2) is 58.5 Å². The first-order valence-corrected chi connectivity index (χ1v) is 3.71. The summed E-state index contributed by atoms with van der Waals surface area (Å²) in [6, 6.07) is -0.647. The Morgan fingerprint density at radius 1 is 1.58 bits per heavy atom. The van der Waals surface area contributed by atoms with Crippen LogP contribution < -0.4 is 0 Å². The summed E-state index contributed by atoms with van der Waals surface area (Å²) in [5.74, 6) is -0.942. The Morgan fingerprint density at radius 2 is 2.08 bits per heavy atom. The summed E-state index contributed by atoms with van der Waals surface area (Å²) in [7, 11) is 1.58. The van der Waals surface area contributed by atoms with Crippen LogP contribution in [0.5, 0.6) is 0 Å². The number of aliphatic hydroxyl groups is 2. The molecule has 0 aromatic rings. The van der Waals surface area contributed by atoms with Crippen LogP contribution in [0.15, 0.2) is 0 Å². The second-order valence-corrected chi connectivity index (χ2v) is 2.79. The van der Waals surface area contributed by atoms with Gasteiger partial charge in [0.1, 0.15) is 6.04 Å². The summed E-state index contributed by atoms with van der Waals surface area (Å²) in [4.78, 5) is 11.9. The minimum atomic E-state index is -0.942. The third-order valence-electron chi connectivity index (χ3n) is 1.73. The molecular weight excluding hydrogens is 162 g/mol. The SMILES string of the molecule is C[C@@H](C(=O)O)N(C)CC(O)CO. The Kier molecular flexibility index (Phi) is 4.80. The molecule has 0 aliphatic carbocycles. The van der Waals surface area contributed by atoms with Gasteiger partial charge in [0.25, 0.3) is 0 Å². The topological polar surface area (TPSA) is 81.0 Å². The first kappa shape index (κ1) is 11.4. The molecule has 0 aliphatic rings. The lowest BCUT2D eigenvalue weighted by atomic mass is 10.2. The molecule has 0 saturated heterocycles. The second-order valence-electron chi connectivity index (χ2n) is 2.79. The van der Waals surface area contributed by atoms with Crippen molar-refractivity contribution in [1.29, 1.82) is 0 Å². The number of rotatable bonds is 5. The maximum atomic E-state index is 10.4. The van der Waals surface area contributed by atoms with E-state index in [1.807, 2.05) is 0 Å². The summed E-state index contributed by atoms with van der Waals surface area (Å²) in [5.41, 5.74) is 0. The molecule has 0 aliphatic heterocycles. The number of carboxylic acid groups (broad SMARTS) is 1. The van der Waals surface area contributed by atoms with Gasteiger partial charge >= 0.3 is 5.97 Å². The van der Waals surface area contributed by atoms with Crippen molar-refractivity contribution in [2.75, 3.05) is 20.2 Å². The van der Waals surface area contributed by atoms with E-state index in [0.717, 1.165) is 0 Å². The number of carboxylic acids is 1. The highest BCUT2D eigenvalue weighted by atomic mass is 16.4. The molecule has 0 bridgehead atoms. The molecule has 0 rings (SSSR count). The van der Waals surface area contributed by atoms with E-state index in [9.17, 15) is 4.79 Å². The zero-order chi connectivity index (χ0) is 9.72. The van der Waals surface area contributed by atoms with Crippen molar-refractivity contribution in [3.63, 3.8) is 0 Å². The van der Waals surface area contributed by atoms with Crippen LogP contribution >= 0.6 is 0 Å². The van der Waals surface area contributed by atoms with Crippen LogP contribution in [-0.2, 0) is 4.79 Å². The Morgan fingerprint density at radius 3 is 2.42 bits per heavy atom. The van der Waals surface area contributed by atoms with Gasteiger partial charge in [-0.25, -0.2) is 0 Å². The van der Waals surface area contributed by atoms with Crippen molar-refractivity contribution >= 4 is 5.97 Å². The number of hydrogen-bond donors (Lipinski definition) is 3. The Hall–Kier alpha value is -0.650. The number of carbonyl (C=O) groups is 1. The van der Waals surface area contributed by atoms with Gasteiger partial charge in [-0.15, -0.1) is 0 Å². The number of hydrogen-bond acceptors (Lipinski definition) is 4. The highest BCUT2D eigenvalue weighted by molar-refractivity contribution is 5.72. The summed E-state index contributed by atoms with van der Waals surface area (Å²) in [6.45, 7) is 1.33. The van der Waals surface area contributed by atoms with Gasteiger partial charge < -0.3 is 15.3 Å². The maximum absolute atomic E-state index is 10.4. The third-order valence-corrected chi connectivity index (χ3v) is 1.73. The first-order chi connectivity index (χ1) is 5.49. The largest absolute Gasteiger partial charge is 0.480 e. The Labute approximate surface area is 71.2 Å². The van der Waals surface area contributed by atoms with E-state index in [1.54, 1.807) is 7.05 Å². The molecule has 1 unspecified atom stereocenters. The minimum Gasteiger partial charge on any atom is -0.480 e. The van der Waals surface area contributed by atoms with Gasteiger partial charge in [0.05, 0.1) is 12.7 Å². The van der Waals surface area contributed by atoms with E-state index < -0.39 is 18.1 Å². The first-order valence-electron chi connectivity index (χ1n) is 3.71. The van der Waals surface area contributed by atoms with Crippen molar-refractivity contribution in [3.05, 3.63) is 0 Å². The van der Waals surface area contributed by atoms with Crippen LogP contribution in [0.4, 0.5) is 0 Å². The average Bonchev–Trinajstić information content (AvgIpc) is 2.02. The van der Waals surface area contributed by atoms with Crippen molar-refractivity contribution in [3.8, 4) is 0 Å². The summed E-state index contributed by atoms with van der Waals surface area (Å²) < 4.78 is 0. The van der Waals surface area contributed by atoms with Crippen LogP contribution in [0.1, 0.15) is 6.92 Å². The van der Waals surface area contributed by atoms with E-state index in [2.05, 4.69) is 0 Å². The molecule has 3 N–H and O–H groups in total. The molecule has 72 valence electrons. The zero-order valence-electron chi connectivity index (χ0n) is 7.27. The predicted octanol–water partition coefficient (Wildman–Crippen LogP) is -1.26. The van der Waals surface area contributed by atoms with Crippen LogP contribution in [0.3, 0.4) is 0 Å². The fourth-order valence-electron chi connectivity index (χ4n) is 0.737. The zero-order valence-corrected chi connectivity index (χ0v) is 7.27. The van der Waals surface area contributed by atoms with Gasteiger partial charge in [-0.3, -0.25) is 9.69 Å². The van der Waals surface area contributed by atoms with Crippen LogP contribution in [0.2, 0.25) is 0 Å². The number of aliphatic carboxylic acids is 1. The molecule has 0 radical (unpaired) electrons. The molecule has 0 fully saturated rings. The number of aliphatic hydroxyl groups excluding tert-OH is 2. The molecule has 0 heterocycles. The van der Waals surface area contributed by atoms with Crippen LogP contribution in [0.25, 0.3) is 0 Å². The summed E-state index contributed by atoms with van der Waals surface area (Å²) >= 11 is 0. The van der Waals surface area contributed by atoms with Gasteiger partial charge in [0.2, 0.25) is 0 Å². The summed E-state index contributed by atoms with van der Waals surface area (Å²) in [6.07, 6.45) is -0.878. The molecule has 0 spiro atoms. The highest BCUT2D eigenvalue weighted by Gasteiger charge is 2.18. The van der Waals surface area contributed by atoms with E-state index in [0.29, 0.717) is 0 Å². The normalized spacial score (nSPS) is 16.1. The van der Waals surface area contributed by atoms with Gasteiger partial charge in [-0.2, -0.15) is 0 Å². The van der Waals surface area contributed by atoms with Gasteiger partial charge in [0, 0.05) is 6.54 Å². The molecule has 2 atom stereocenters. The van der Waals surface area contributed by atoms with Crippen molar-refractivity contribution < 1.29 is 20.1 Å². The van der Waals surface area contributed by atoms with E-state index in [-0.39, 0.29) is 13.2 Å². The molecule has 0 amide bonds. The fourth-order valence-corrected chi connectivity index (χ4v) is 0.737. The van der Waals surface area contributed by atoms with Gasteiger partial charge in [-0.1, -0.05) is 0 Å². The number of nitrogens with zero attached hydrogens (tertiary/aromatic N) is 1. The van der Waals surface area contributed by atoms with Gasteiger partial charge in [0.15, 0.2) is 0 Å². The second kappa shape index (κ2) is 5.08. The monoisotopic (exact) mass is 177 g/mol. The third kappa shape index (κ3) is 3.66. The molecule has 0 aromatic heterocycles.